The van der Waals surface area contributed by atoms with Crippen LogP contribution in [0.15, 0.2) is 44.9 Å². The van der Waals surface area contributed by atoms with Gasteiger partial charge in [-0.1, -0.05) is 31.5 Å². The van der Waals surface area contributed by atoms with E-state index in [0.29, 0.717) is 31.9 Å². The summed E-state index contributed by atoms with van der Waals surface area (Å²) in [5.74, 6) is 0.624. The summed E-state index contributed by atoms with van der Waals surface area (Å²) in [5, 5.41) is 6.74. The number of likely N-dealkylation sites (tertiary alicyclic amines) is 1. The van der Waals surface area contributed by atoms with Gasteiger partial charge in [0, 0.05) is 18.6 Å². The first kappa shape index (κ1) is 37.2. The van der Waals surface area contributed by atoms with Gasteiger partial charge in [-0.2, -0.15) is 0 Å². The van der Waals surface area contributed by atoms with Crippen LogP contribution >= 0.6 is 0 Å². The Balaban J connectivity index is 0.906. The van der Waals surface area contributed by atoms with Gasteiger partial charge in [0.05, 0.1) is 37.6 Å². The average Bonchev–Trinajstić information content (AvgIpc) is 3.60. The molecule has 13 heteroatoms. The van der Waals surface area contributed by atoms with Gasteiger partial charge in [-0.05, 0) is 125 Å². The normalized spacial score (nSPS) is 22.7. The van der Waals surface area contributed by atoms with Crippen LogP contribution in [0.1, 0.15) is 96.8 Å². The van der Waals surface area contributed by atoms with Crippen LogP contribution in [0.3, 0.4) is 0 Å². The maximum absolute atomic E-state index is 12.8. The summed E-state index contributed by atoms with van der Waals surface area (Å²) in [6.07, 6.45) is 12.8. The van der Waals surface area contributed by atoms with E-state index in [-0.39, 0.29) is 47.8 Å². The second-order valence-corrected chi connectivity index (χ2v) is 15.6. The minimum atomic E-state index is -3.91. The summed E-state index contributed by atoms with van der Waals surface area (Å²) < 4.78 is 46.4. The number of carbonyl (C=O) groups is 2. The van der Waals surface area contributed by atoms with Crippen LogP contribution in [0.25, 0.3) is 0 Å². The van der Waals surface area contributed by atoms with Crippen molar-refractivity contribution < 1.29 is 36.8 Å². The van der Waals surface area contributed by atoms with Crippen molar-refractivity contribution in [3.05, 3.63) is 30.3 Å². The molecule has 3 aliphatic rings. The fourth-order valence-corrected chi connectivity index (χ4v) is 9.16. The molecule has 2 aromatic rings. The van der Waals surface area contributed by atoms with E-state index in [2.05, 4.69) is 31.7 Å². The first-order valence-corrected chi connectivity index (χ1v) is 19.9. The lowest BCUT2D eigenvalue weighted by atomic mass is 9.69. The van der Waals surface area contributed by atoms with Crippen LogP contribution in [0, 0.1) is 11.8 Å². The molecule has 49 heavy (non-hydrogen) atoms. The number of benzene rings is 1. The lowest BCUT2D eigenvalue weighted by molar-refractivity contribution is -0.150. The number of piperidine rings is 3. The van der Waals surface area contributed by atoms with E-state index in [1.54, 1.807) is 18.2 Å². The molecule has 3 saturated heterocycles. The Kier molecular flexibility index (Phi) is 14.3. The summed E-state index contributed by atoms with van der Waals surface area (Å²) in [6, 6.07) is 9.28. The molecule has 0 bridgehead atoms. The van der Waals surface area contributed by atoms with Crippen LogP contribution in [0.4, 0.5) is 0 Å². The first-order valence-electron chi connectivity index (χ1n) is 18.4. The lowest BCUT2D eigenvalue weighted by Crippen LogP contribution is -2.64. The van der Waals surface area contributed by atoms with Crippen molar-refractivity contribution in [3.63, 3.8) is 0 Å². The van der Waals surface area contributed by atoms with Crippen LogP contribution in [-0.2, 0) is 28.9 Å². The lowest BCUT2D eigenvalue weighted by Gasteiger charge is -2.57. The van der Waals surface area contributed by atoms with Crippen LogP contribution in [-0.4, -0.2) is 98.6 Å². The van der Waals surface area contributed by atoms with Gasteiger partial charge in [-0.3, -0.25) is 19.4 Å². The molecule has 4 atom stereocenters. The molecule has 5 rings (SSSR count). The Hall–Kier alpha value is -3.03. The average molecular weight is 703 g/mol. The topological polar surface area (TPSA) is 141 Å². The number of aromatic nitrogens is 2. The smallest absolute Gasteiger partial charge is 0.306 e. The van der Waals surface area contributed by atoms with Gasteiger partial charge in [-0.25, -0.2) is 13.0 Å². The molecule has 1 unspecified atom stereocenters. The van der Waals surface area contributed by atoms with Crippen molar-refractivity contribution in [1.29, 1.82) is 0 Å². The van der Waals surface area contributed by atoms with E-state index in [4.69, 9.17) is 14.2 Å². The van der Waals surface area contributed by atoms with Gasteiger partial charge in [0.25, 0.3) is 10.9 Å². The molecule has 3 aliphatic heterocycles. The quantitative estimate of drug-likeness (QED) is 0.128. The number of rotatable bonds is 20. The van der Waals surface area contributed by atoms with Crippen molar-refractivity contribution in [2.24, 2.45) is 11.8 Å². The van der Waals surface area contributed by atoms with E-state index in [1.807, 2.05) is 0 Å². The number of carbonyl (C=O) groups excluding carboxylic acids is 2. The SMILES string of the molecule is CCCCN1C[C@H]2CCCN3CCC[C@@H](C1CCCCOC(=O)CCC(=O)OCCCCCOc1nonc1S(=O)(=O)c1ccccc1)[C@@H]23. The zero-order valence-corrected chi connectivity index (χ0v) is 29.8. The molecule has 12 nitrogen and oxygen atoms in total. The van der Waals surface area contributed by atoms with Crippen molar-refractivity contribution >= 4 is 21.8 Å². The van der Waals surface area contributed by atoms with Crippen LogP contribution in [0.5, 0.6) is 5.88 Å². The van der Waals surface area contributed by atoms with E-state index < -0.39 is 15.8 Å². The summed E-state index contributed by atoms with van der Waals surface area (Å²) in [6.45, 7) is 8.09. The molecule has 3 fully saturated rings. The third-order valence-electron chi connectivity index (χ3n) is 10.3. The molecule has 0 N–H and O–H groups in total. The maximum atomic E-state index is 12.8. The Morgan fingerprint density at radius 3 is 2.31 bits per heavy atom. The van der Waals surface area contributed by atoms with Crippen LogP contribution in [0.2, 0.25) is 0 Å². The summed E-state index contributed by atoms with van der Waals surface area (Å²) in [4.78, 5) is 30.1. The van der Waals surface area contributed by atoms with E-state index >= 15 is 0 Å². The Bertz CT molecular complexity index is 1420. The highest BCUT2D eigenvalue weighted by Gasteiger charge is 2.47. The zero-order valence-electron chi connectivity index (χ0n) is 29.0. The molecule has 0 radical (unpaired) electrons. The number of sulfone groups is 1. The predicted molar refractivity (Wildman–Crippen MR) is 182 cm³/mol. The Morgan fingerprint density at radius 2 is 1.57 bits per heavy atom. The second-order valence-electron chi connectivity index (χ2n) is 13.7. The van der Waals surface area contributed by atoms with Crippen molar-refractivity contribution in [1.82, 2.24) is 20.1 Å². The van der Waals surface area contributed by atoms with Gasteiger partial charge >= 0.3 is 11.9 Å². The summed E-state index contributed by atoms with van der Waals surface area (Å²) in [5.41, 5.74) is 0. The number of unbranched alkanes of at least 4 members (excludes halogenated alkanes) is 4. The highest BCUT2D eigenvalue weighted by Crippen LogP contribution is 2.43. The molecule has 0 amide bonds. The molecule has 0 aliphatic carbocycles. The molecular weight excluding hydrogens is 648 g/mol. The molecular formula is C36H54N4O8S. The highest BCUT2D eigenvalue weighted by molar-refractivity contribution is 7.91. The van der Waals surface area contributed by atoms with Gasteiger partial charge in [0.2, 0.25) is 9.84 Å². The third kappa shape index (κ3) is 10.3. The Morgan fingerprint density at radius 1 is 0.878 bits per heavy atom. The largest absolute Gasteiger partial charge is 0.473 e. The standard InChI is InChI=1S/C36H54N4O8S/c1-2-3-21-40-27-28-14-12-22-39-23-13-17-30(34(28)39)31(40)18-8-11-25-46-33(42)20-19-32(41)45-24-9-5-10-26-47-35-36(38-48-37-35)49(43,44)29-15-6-4-7-16-29/h4,6-7,15-16,28,30-31,34H,2-3,5,8-14,17-27H2,1H3/t28-,30+,31?,34-/m1/s1. The monoisotopic (exact) mass is 702 g/mol. The molecule has 1 aromatic carbocycles. The van der Waals surface area contributed by atoms with Gasteiger partial charge < -0.3 is 14.2 Å². The molecule has 0 spiro atoms. The number of ether oxygens (including phenoxy) is 3. The van der Waals surface area contributed by atoms with Gasteiger partial charge in [0.1, 0.15) is 0 Å². The van der Waals surface area contributed by atoms with Crippen molar-refractivity contribution in [2.45, 2.75) is 119 Å². The van der Waals surface area contributed by atoms with E-state index in [9.17, 15) is 18.0 Å². The first-order chi connectivity index (χ1) is 23.9. The Labute approximate surface area is 291 Å². The second kappa shape index (κ2) is 18.8. The predicted octanol–water partition coefficient (Wildman–Crippen LogP) is 5.46. The molecule has 272 valence electrons. The van der Waals surface area contributed by atoms with Gasteiger partial charge in [-0.15, -0.1) is 0 Å². The van der Waals surface area contributed by atoms with E-state index in [0.717, 1.165) is 37.1 Å². The third-order valence-corrected chi connectivity index (χ3v) is 11.9. The number of esters is 2. The van der Waals surface area contributed by atoms with Gasteiger partial charge in [0.15, 0.2) is 0 Å². The van der Waals surface area contributed by atoms with Crippen LogP contribution < -0.4 is 4.74 Å². The molecule has 4 heterocycles. The minimum absolute atomic E-state index is 0.00499. The fraction of sp³-hybridized carbons (Fsp3) is 0.722. The molecule has 0 saturated carbocycles. The number of hydrogen-bond acceptors (Lipinski definition) is 12. The summed E-state index contributed by atoms with van der Waals surface area (Å²) in [7, 11) is -3.91. The maximum Gasteiger partial charge on any atom is 0.306 e. The van der Waals surface area contributed by atoms with E-state index in [1.165, 1.54) is 76.8 Å². The number of nitrogens with zero attached hydrogens (tertiary/aromatic N) is 4. The highest BCUT2D eigenvalue weighted by atomic mass is 32.2. The molecule has 1 aromatic heterocycles. The fourth-order valence-electron chi connectivity index (χ4n) is 7.96. The summed E-state index contributed by atoms with van der Waals surface area (Å²) >= 11 is 0. The zero-order chi connectivity index (χ0) is 34.5. The minimum Gasteiger partial charge on any atom is -0.473 e. The van der Waals surface area contributed by atoms with Crippen molar-refractivity contribution in [2.75, 3.05) is 46.0 Å². The van der Waals surface area contributed by atoms with Crippen molar-refractivity contribution in [3.8, 4) is 5.88 Å². The number of hydrogen-bond donors (Lipinski definition) is 0.